The number of nitrogens with two attached hydrogens (primary N) is 1. The Morgan fingerprint density at radius 3 is 2.79 bits per heavy atom. The standard InChI is InChI=1S/C10H17N3O/c1-3-13(2)9-8(6-11)12-14-10(9)7-4-5-7/h7H,3-6,11H2,1-2H3. The van der Waals surface area contributed by atoms with Crippen molar-refractivity contribution in [1.82, 2.24) is 5.16 Å². The van der Waals surface area contributed by atoms with Crippen LogP contribution in [0.4, 0.5) is 5.69 Å². The third-order valence-corrected chi connectivity index (χ3v) is 2.76. The molecule has 1 saturated carbocycles. The average molecular weight is 195 g/mol. The van der Waals surface area contributed by atoms with Gasteiger partial charge in [0.05, 0.1) is 0 Å². The summed E-state index contributed by atoms with van der Waals surface area (Å²) < 4.78 is 5.36. The summed E-state index contributed by atoms with van der Waals surface area (Å²) in [6.07, 6.45) is 2.45. The summed E-state index contributed by atoms with van der Waals surface area (Å²) in [7, 11) is 2.05. The van der Waals surface area contributed by atoms with E-state index in [4.69, 9.17) is 10.3 Å². The third kappa shape index (κ3) is 1.50. The minimum atomic E-state index is 0.454. The van der Waals surface area contributed by atoms with E-state index in [2.05, 4.69) is 24.0 Å². The predicted octanol–water partition coefficient (Wildman–Crippen LogP) is 1.47. The van der Waals surface area contributed by atoms with Gasteiger partial charge in [-0.25, -0.2) is 0 Å². The first kappa shape index (κ1) is 9.52. The smallest absolute Gasteiger partial charge is 0.163 e. The highest BCUT2D eigenvalue weighted by Gasteiger charge is 2.33. The Balaban J connectivity index is 2.34. The molecule has 1 aromatic rings. The molecule has 2 N–H and O–H groups in total. The molecular formula is C10H17N3O. The highest BCUT2D eigenvalue weighted by atomic mass is 16.5. The molecular weight excluding hydrogens is 178 g/mol. The molecule has 1 aliphatic carbocycles. The molecule has 0 unspecified atom stereocenters. The lowest BCUT2D eigenvalue weighted by Crippen LogP contribution is -2.19. The van der Waals surface area contributed by atoms with Crippen LogP contribution in [0.3, 0.4) is 0 Å². The maximum Gasteiger partial charge on any atom is 0.163 e. The van der Waals surface area contributed by atoms with Gasteiger partial charge in [0.25, 0.3) is 0 Å². The van der Waals surface area contributed by atoms with Crippen molar-refractivity contribution in [2.45, 2.75) is 32.2 Å². The molecule has 4 heteroatoms. The van der Waals surface area contributed by atoms with E-state index in [0.717, 1.165) is 23.7 Å². The summed E-state index contributed by atoms with van der Waals surface area (Å²) in [4.78, 5) is 2.16. The van der Waals surface area contributed by atoms with Crippen LogP contribution in [0.15, 0.2) is 4.52 Å². The van der Waals surface area contributed by atoms with Gasteiger partial charge in [0.1, 0.15) is 11.4 Å². The van der Waals surface area contributed by atoms with Gasteiger partial charge in [-0.1, -0.05) is 5.16 Å². The van der Waals surface area contributed by atoms with Crippen molar-refractivity contribution in [2.24, 2.45) is 5.73 Å². The zero-order valence-electron chi connectivity index (χ0n) is 8.79. The molecule has 0 atom stereocenters. The highest BCUT2D eigenvalue weighted by molar-refractivity contribution is 5.55. The number of anilines is 1. The van der Waals surface area contributed by atoms with E-state index in [-0.39, 0.29) is 0 Å². The Labute approximate surface area is 84.0 Å². The number of rotatable bonds is 4. The Morgan fingerprint density at radius 1 is 1.57 bits per heavy atom. The average Bonchev–Trinajstić information content (AvgIpc) is 2.96. The first-order chi connectivity index (χ1) is 6.77. The van der Waals surface area contributed by atoms with Gasteiger partial charge in [-0.2, -0.15) is 0 Å². The second-order valence-corrected chi connectivity index (χ2v) is 3.83. The molecule has 0 spiro atoms. The minimum Gasteiger partial charge on any atom is -0.370 e. The van der Waals surface area contributed by atoms with Crippen molar-refractivity contribution in [3.8, 4) is 0 Å². The summed E-state index contributed by atoms with van der Waals surface area (Å²) in [5, 5.41) is 4.02. The molecule has 4 nitrogen and oxygen atoms in total. The maximum absolute atomic E-state index is 5.63. The fourth-order valence-corrected chi connectivity index (χ4v) is 1.65. The van der Waals surface area contributed by atoms with Crippen LogP contribution in [0.5, 0.6) is 0 Å². The summed E-state index contributed by atoms with van der Waals surface area (Å²) >= 11 is 0. The van der Waals surface area contributed by atoms with Gasteiger partial charge in [-0.05, 0) is 19.8 Å². The molecule has 0 amide bonds. The summed E-state index contributed by atoms with van der Waals surface area (Å²) in [6.45, 7) is 3.52. The van der Waals surface area contributed by atoms with Crippen molar-refractivity contribution < 1.29 is 4.52 Å². The molecule has 1 aliphatic rings. The Hall–Kier alpha value is -1.03. The van der Waals surface area contributed by atoms with E-state index in [1.54, 1.807) is 0 Å². The number of hydrogen-bond acceptors (Lipinski definition) is 4. The van der Waals surface area contributed by atoms with Crippen LogP contribution >= 0.6 is 0 Å². The topological polar surface area (TPSA) is 55.3 Å². The molecule has 0 saturated heterocycles. The molecule has 14 heavy (non-hydrogen) atoms. The Kier molecular flexibility index (Phi) is 2.46. The second kappa shape index (κ2) is 3.61. The molecule has 2 rings (SSSR count). The van der Waals surface area contributed by atoms with Gasteiger partial charge in [0.15, 0.2) is 5.76 Å². The van der Waals surface area contributed by atoms with E-state index in [0.29, 0.717) is 12.5 Å². The third-order valence-electron chi connectivity index (χ3n) is 2.76. The summed E-state index contributed by atoms with van der Waals surface area (Å²) in [5.74, 6) is 1.63. The Morgan fingerprint density at radius 2 is 2.29 bits per heavy atom. The van der Waals surface area contributed by atoms with Crippen molar-refractivity contribution in [1.29, 1.82) is 0 Å². The van der Waals surface area contributed by atoms with E-state index in [1.165, 1.54) is 12.8 Å². The van der Waals surface area contributed by atoms with E-state index in [1.807, 2.05) is 0 Å². The van der Waals surface area contributed by atoms with Crippen LogP contribution in [0.2, 0.25) is 0 Å². The molecule has 1 aromatic heterocycles. The summed E-state index contributed by atoms with van der Waals surface area (Å²) in [5.41, 5.74) is 7.64. The number of hydrogen-bond donors (Lipinski definition) is 1. The van der Waals surface area contributed by atoms with Crippen LogP contribution in [-0.2, 0) is 6.54 Å². The minimum absolute atomic E-state index is 0.454. The molecule has 1 heterocycles. The quantitative estimate of drug-likeness (QED) is 0.790. The van der Waals surface area contributed by atoms with Crippen molar-refractivity contribution in [3.63, 3.8) is 0 Å². The van der Waals surface area contributed by atoms with E-state index >= 15 is 0 Å². The first-order valence-electron chi connectivity index (χ1n) is 5.17. The Bertz CT molecular complexity index is 317. The lowest BCUT2D eigenvalue weighted by molar-refractivity contribution is 0.378. The highest BCUT2D eigenvalue weighted by Crippen LogP contribution is 2.45. The van der Waals surface area contributed by atoms with E-state index < -0.39 is 0 Å². The first-order valence-corrected chi connectivity index (χ1v) is 5.17. The second-order valence-electron chi connectivity index (χ2n) is 3.83. The molecule has 0 bridgehead atoms. The fourth-order valence-electron chi connectivity index (χ4n) is 1.65. The largest absolute Gasteiger partial charge is 0.370 e. The number of nitrogens with zero attached hydrogens (tertiary/aromatic N) is 2. The number of aromatic nitrogens is 1. The van der Waals surface area contributed by atoms with Crippen LogP contribution < -0.4 is 10.6 Å². The molecule has 1 fully saturated rings. The molecule has 0 radical (unpaired) electrons. The summed E-state index contributed by atoms with van der Waals surface area (Å²) in [6, 6.07) is 0. The lowest BCUT2D eigenvalue weighted by Gasteiger charge is -2.16. The van der Waals surface area contributed by atoms with Gasteiger partial charge in [0, 0.05) is 26.1 Å². The fraction of sp³-hybridized carbons (Fsp3) is 0.700. The maximum atomic E-state index is 5.63. The molecule has 0 aromatic carbocycles. The lowest BCUT2D eigenvalue weighted by atomic mass is 10.2. The molecule has 0 aliphatic heterocycles. The molecule has 78 valence electrons. The SMILES string of the molecule is CCN(C)c1c(CN)noc1C1CC1. The van der Waals surface area contributed by atoms with Crippen LogP contribution in [0.1, 0.15) is 37.1 Å². The monoisotopic (exact) mass is 195 g/mol. The van der Waals surface area contributed by atoms with Crippen LogP contribution in [0.25, 0.3) is 0 Å². The van der Waals surface area contributed by atoms with Gasteiger partial charge in [-0.15, -0.1) is 0 Å². The van der Waals surface area contributed by atoms with Gasteiger partial charge >= 0.3 is 0 Å². The van der Waals surface area contributed by atoms with Gasteiger partial charge in [-0.3, -0.25) is 0 Å². The zero-order chi connectivity index (χ0) is 10.1. The van der Waals surface area contributed by atoms with Crippen LogP contribution in [-0.4, -0.2) is 18.7 Å². The predicted molar refractivity (Wildman–Crippen MR) is 55.3 cm³/mol. The zero-order valence-corrected chi connectivity index (χ0v) is 8.79. The van der Waals surface area contributed by atoms with E-state index in [9.17, 15) is 0 Å². The van der Waals surface area contributed by atoms with Crippen molar-refractivity contribution in [2.75, 3.05) is 18.5 Å². The van der Waals surface area contributed by atoms with Crippen LogP contribution in [0, 0.1) is 0 Å². The van der Waals surface area contributed by atoms with Crippen molar-refractivity contribution >= 4 is 5.69 Å². The van der Waals surface area contributed by atoms with Gasteiger partial charge in [0.2, 0.25) is 0 Å². The van der Waals surface area contributed by atoms with Crippen molar-refractivity contribution in [3.05, 3.63) is 11.5 Å². The normalized spacial score (nSPS) is 15.9. The van der Waals surface area contributed by atoms with Gasteiger partial charge < -0.3 is 15.2 Å².